The largest absolute Gasteiger partial charge is 0.483 e. The van der Waals surface area contributed by atoms with Crippen molar-refractivity contribution in [2.45, 2.75) is 58.3 Å². The monoisotopic (exact) mass is 341 g/mol. The molecule has 3 rings (SSSR count). The van der Waals surface area contributed by atoms with Crippen LogP contribution < -0.4 is 10.1 Å². The number of benzene rings is 1. The lowest BCUT2D eigenvalue weighted by atomic mass is 9.97. The third-order valence-electron chi connectivity index (χ3n) is 5.20. The van der Waals surface area contributed by atoms with E-state index in [9.17, 15) is 9.59 Å². The van der Waals surface area contributed by atoms with Crippen LogP contribution >= 0.6 is 0 Å². The first kappa shape index (κ1) is 17.7. The maximum absolute atomic E-state index is 12.3. The predicted octanol–water partition coefficient (Wildman–Crippen LogP) is 4.07. The Bertz CT molecular complexity index is 705. The third kappa shape index (κ3) is 4.12. The topological polar surface area (TPSA) is 55.4 Å². The molecule has 1 atom stereocenters. The molecule has 0 fully saturated rings. The van der Waals surface area contributed by atoms with E-state index >= 15 is 0 Å². The molecule has 0 spiro atoms. The minimum Gasteiger partial charge on any atom is -0.483 e. The third-order valence-corrected chi connectivity index (χ3v) is 5.20. The van der Waals surface area contributed by atoms with Gasteiger partial charge in [0.2, 0.25) is 0 Å². The van der Waals surface area contributed by atoms with E-state index in [-0.39, 0.29) is 24.2 Å². The molecule has 0 saturated heterocycles. The highest BCUT2D eigenvalue weighted by Crippen LogP contribution is 2.40. The van der Waals surface area contributed by atoms with Gasteiger partial charge in [-0.25, -0.2) is 0 Å². The van der Waals surface area contributed by atoms with Crippen LogP contribution in [0.1, 0.15) is 72.9 Å². The van der Waals surface area contributed by atoms with E-state index in [0.717, 1.165) is 30.4 Å². The minimum atomic E-state index is -0.135. The van der Waals surface area contributed by atoms with E-state index in [2.05, 4.69) is 18.3 Å². The fraction of sp³-hybridized carbons (Fsp3) is 0.524. The Morgan fingerprint density at radius 2 is 2.16 bits per heavy atom. The summed E-state index contributed by atoms with van der Waals surface area (Å²) in [5, 5.41) is 2.91. The molecule has 0 aromatic heterocycles. The van der Waals surface area contributed by atoms with Crippen LogP contribution in [0.25, 0.3) is 0 Å². The molecule has 1 aromatic rings. The summed E-state index contributed by atoms with van der Waals surface area (Å²) >= 11 is 0. The molecule has 0 aliphatic heterocycles. The second kappa shape index (κ2) is 7.85. The van der Waals surface area contributed by atoms with Crippen LogP contribution in [0, 0.1) is 6.92 Å². The molecule has 1 amide bonds. The van der Waals surface area contributed by atoms with Gasteiger partial charge in [-0.15, -0.1) is 0 Å². The Morgan fingerprint density at radius 3 is 2.92 bits per heavy atom. The first-order valence-electron chi connectivity index (χ1n) is 9.30. The van der Waals surface area contributed by atoms with Gasteiger partial charge in [-0.1, -0.05) is 24.6 Å². The summed E-state index contributed by atoms with van der Waals surface area (Å²) in [7, 11) is 0. The van der Waals surface area contributed by atoms with Crippen LogP contribution in [0.4, 0.5) is 0 Å². The number of nitrogens with one attached hydrogen (secondary N) is 1. The van der Waals surface area contributed by atoms with Gasteiger partial charge in [0, 0.05) is 13.0 Å². The number of allylic oxidation sites excluding steroid dienone is 1. The lowest BCUT2D eigenvalue weighted by Crippen LogP contribution is -2.30. The summed E-state index contributed by atoms with van der Waals surface area (Å²) < 4.78 is 5.68. The van der Waals surface area contributed by atoms with Crippen molar-refractivity contribution in [2.24, 2.45) is 0 Å². The average Bonchev–Trinajstić information content (AvgIpc) is 2.91. The highest BCUT2D eigenvalue weighted by atomic mass is 16.5. The SMILES string of the molecule is Cc1ccc(OCC(=O)NCCC2=CCCCC2)c2c1[C@H](C)CC2=O. The Hall–Kier alpha value is -2.10. The Labute approximate surface area is 149 Å². The lowest BCUT2D eigenvalue weighted by molar-refractivity contribution is -0.123. The first-order chi connectivity index (χ1) is 12.1. The molecule has 134 valence electrons. The molecule has 0 bridgehead atoms. The maximum atomic E-state index is 12.3. The zero-order valence-corrected chi connectivity index (χ0v) is 15.2. The Balaban J connectivity index is 1.53. The van der Waals surface area contributed by atoms with E-state index in [1.54, 1.807) is 0 Å². The Morgan fingerprint density at radius 1 is 1.32 bits per heavy atom. The fourth-order valence-electron chi connectivity index (χ4n) is 3.92. The van der Waals surface area contributed by atoms with E-state index in [0.29, 0.717) is 24.3 Å². The van der Waals surface area contributed by atoms with Crippen LogP contribution in [-0.2, 0) is 4.79 Å². The molecule has 25 heavy (non-hydrogen) atoms. The predicted molar refractivity (Wildman–Crippen MR) is 98.2 cm³/mol. The van der Waals surface area contributed by atoms with E-state index in [4.69, 9.17) is 4.74 Å². The number of carbonyl (C=O) groups excluding carboxylic acids is 2. The summed E-state index contributed by atoms with van der Waals surface area (Å²) in [6.07, 6.45) is 8.60. The van der Waals surface area contributed by atoms with Gasteiger partial charge in [-0.2, -0.15) is 0 Å². The number of aryl methyl sites for hydroxylation is 1. The molecule has 0 unspecified atom stereocenters. The number of ether oxygens (including phenoxy) is 1. The highest BCUT2D eigenvalue weighted by Gasteiger charge is 2.31. The standard InChI is InChI=1S/C21H27NO3/c1-14-8-9-18(21-17(23)12-15(2)20(14)21)25-13-19(24)22-11-10-16-6-4-3-5-7-16/h6,8-9,15H,3-5,7,10-13H2,1-2H3,(H,22,24)/t15-/m1/s1. The molecule has 0 saturated carbocycles. The fourth-order valence-corrected chi connectivity index (χ4v) is 3.92. The molecular weight excluding hydrogens is 314 g/mol. The van der Waals surface area contributed by atoms with Gasteiger partial charge < -0.3 is 10.1 Å². The number of fused-ring (bicyclic) bond motifs is 1. The van der Waals surface area contributed by atoms with Gasteiger partial charge in [0.25, 0.3) is 5.91 Å². The van der Waals surface area contributed by atoms with Crippen LogP contribution in [-0.4, -0.2) is 24.8 Å². The maximum Gasteiger partial charge on any atom is 0.257 e. The summed E-state index contributed by atoms with van der Waals surface area (Å²) in [6, 6.07) is 3.78. The molecule has 4 nitrogen and oxygen atoms in total. The first-order valence-corrected chi connectivity index (χ1v) is 9.30. The Kier molecular flexibility index (Phi) is 5.57. The average molecular weight is 341 g/mol. The normalized spacial score (nSPS) is 19.4. The number of rotatable bonds is 6. The molecule has 2 aliphatic rings. The highest BCUT2D eigenvalue weighted by molar-refractivity contribution is 6.04. The molecule has 2 aliphatic carbocycles. The van der Waals surface area contributed by atoms with Crippen molar-refractivity contribution in [3.63, 3.8) is 0 Å². The van der Waals surface area contributed by atoms with Gasteiger partial charge in [-0.3, -0.25) is 9.59 Å². The minimum absolute atomic E-state index is 0.0454. The van der Waals surface area contributed by atoms with Gasteiger partial charge in [0.1, 0.15) is 5.75 Å². The van der Waals surface area contributed by atoms with Crippen molar-refractivity contribution in [1.82, 2.24) is 5.32 Å². The number of hydrogen-bond donors (Lipinski definition) is 1. The van der Waals surface area contributed by atoms with E-state index < -0.39 is 0 Å². The quantitative estimate of drug-likeness (QED) is 0.794. The van der Waals surface area contributed by atoms with Crippen molar-refractivity contribution in [2.75, 3.05) is 13.2 Å². The van der Waals surface area contributed by atoms with Gasteiger partial charge in [0.15, 0.2) is 12.4 Å². The second-order valence-corrected chi connectivity index (χ2v) is 7.19. The molecule has 0 radical (unpaired) electrons. The van der Waals surface area contributed by atoms with E-state index in [1.807, 2.05) is 19.1 Å². The number of carbonyl (C=O) groups is 2. The number of ketones is 1. The number of hydrogen-bond acceptors (Lipinski definition) is 3. The van der Waals surface area contributed by atoms with Crippen molar-refractivity contribution >= 4 is 11.7 Å². The number of amides is 1. The van der Waals surface area contributed by atoms with Gasteiger partial charge in [-0.05, 0) is 62.1 Å². The summed E-state index contributed by atoms with van der Waals surface area (Å²) in [4.78, 5) is 24.3. The zero-order chi connectivity index (χ0) is 17.8. The van der Waals surface area contributed by atoms with Gasteiger partial charge in [0.05, 0.1) is 5.56 Å². The smallest absolute Gasteiger partial charge is 0.257 e. The van der Waals surface area contributed by atoms with Crippen molar-refractivity contribution in [3.05, 3.63) is 40.5 Å². The van der Waals surface area contributed by atoms with E-state index in [1.165, 1.54) is 18.4 Å². The summed E-state index contributed by atoms with van der Waals surface area (Å²) in [6.45, 7) is 4.68. The van der Waals surface area contributed by atoms with Crippen molar-refractivity contribution in [3.8, 4) is 5.75 Å². The zero-order valence-electron chi connectivity index (χ0n) is 15.2. The van der Waals surface area contributed by atoms with Crippen molar-refractivity contribution in [1.29, 1.82) is 0 Å². The molecule has 1 aromatic carbocycles. The van der Waals surface area contributed by atoms with Crippen LogP contribution in [0.2, 0.25) is 0 Å². The lowest BCUT2D eigenvalue weighted by Gasteiger charge is -2.14. The molecule has 4 heteroatoms. The van der Waals surface area contributed by atoms with Crippen LogP contribution in [0.15, 0.2) is 23.8 Å². The number of Topliss-reactive ketones (excluding diaryl/α,β-unsaturated/α-hetero) is 1. The second-order valence-electron chi connectivity index (χ2n) is 7.19. The molecule has 0 heterocycles. The van der Waals surface area contributed by atoms with Crippen LogP contribution in [0.3, 0.4) is 0 Å². The molecule has 1 N–H and O–H groups in total. The summed E-state index contributed by atoms with van der Waals surface area (Å²) in [5.74, 6) is 0.749. The van der Waals surface area contributed by atoms with Crippen LogP contribution in [0.5, 0.6) is 5.75 Å². The summed E-state index contributed by atoms with van der Waals surface area (Å²) in [5.41, 5.74) is 4.31. The van der Waals surface area contributed by atoms with Crippen molar-refractivity contribution < 1.29 is 14.3 Å². The molecular formula is C21H27NO3. The van der Waals surface area contributed by atoms with Gasteiger partial charge >= 0.3 is 0 Å².